The van der Waals surface area contributed by atoms with Crippen molar-refractivity contribution in [3.63, 3.8) is 0 Å². The fraction of sp³-hybridized carbons (Fsp3) is 0.154. The zero-order valence-corrected chi connectivity index (χ0v) is 19.0. The van der Waals surface area contributed by atoms with Crippen molar-refractivity contribution < 1.29 is 0 Å². The average molecular weight is 443 g/mol. The molecule has 162 valence electrons. The lowest BCUT2D eigenvalue weighted by molar-refractivity contribution is 0.413. The van der Waals surface area contributed by atoms with Crippen LogP contribution in [0.15, 0.2) is 95.8 Å². The van der Waals surface area contributed by atoms with Gasteiger partial charge in [0.05, 0.1) is 11.4 Å². The summed E-state index contributed by atoms with van der Waals surface area (Å²) >= 11 is 5.80. The Bertz CT molecular complexity index is 1210. The second-order valence-corrected chi connectivity index (χ2v) is 8.08. The molecule has 0 radical (unpaired) electrons. The summed E-state index contributed by atoms with van der Waals surface area (Å²) < 4.78 is 3.50. The van der Waals surface area contributed by atoms with Gasteiger partial charge < -0.3 is 10.2 Å². The molecule has 6 heteroatoms. The topological polar surface area (TPSA) is 42.2 Å². The maximum atomic E-state index is 13.3. The van der Waals surface area contributed by atoms with Gasteiger partial charge in [-0.05, 0) is 42.4 Å². The molecule has 0 aliphatic rings. The molecule has 0 spiro atoms. The van der Waals surface area contributed by atoms with Gasteiger partial charge in [-0.15, -0.1) is 0 Å². The van der Waals surface area contributed by atoms with Gasteiger partial charge in [-0.3, -0.25) is 9.48 Å². The van der Waals surface area contributed by atoms with Crippen LogP contribution in [-0.4, -0.2) is 19.4 Å². The highest BCUT2D eigenvalue weighted by molar-refractivity contribution is 7.80. The van der Waals surface area contributed by atoms with Gasteiger partial charge in [-0.1, -0.05) is 78.9 Å². The maximum absolute atomic E-state index is 13.3. The lowest BCUT2D eigenvalue weighted by Crippen LogP contribution is -2.35. The standard InChI is InChI=1S/C26H26N4OS/c1-20-24(25(31)30(28(20)2)23-16-10-5-11-17-23)27-26(32)29(18-21-12-6-3-7-13-21)19-22-14-8-4-9-15-22/h3-17H,18-19H2,1-2H3,(H,27,32). The average Bonchev–Trinajstić information content (AvgIpc) is 3.03. The molecule has 0 bridgehead atoms. The van der Waals surface area contributed by atoms with E-state index in [4.69, 9.17) is 12.2 Å². The number of nitrogens with one attached hydrogen (secondary N) is 1. The largest absolute Gasteiger partial charge is 0.340 e. The number of para-hydroxylation sites is 1. The monoisotopic (exact) mass is 442 g/mol. The lowest BCUT2D eigenvalue weighted by Gasteiger charge is -2.26. The van der Waals surface area contributed by atoms with Crippen LogP contribution < -0.4 is 10.9 Å². The van der Waals surface area contributed by atoms with Crippen molar-refractivity contribution in [2.24, 2.45) is 7.05 Å². The molecule has 1 N–H and O–H groups in total. The van der Waals surface area contributed by atoms with Gasteiger partial charge in [0.1, 0.15) is 5.69 Å². The van der Waals surface area contributed by atoms with Crippen molar-refractivity contribution in [1.82, 2.24) is 14.3 Å². The normalized spacial score (nSPS) is 10.7. The van der Waals surface area contributed by atoms with Crippen molar-refractivity contribution >= 4 is 23.0 Å². The lowest BCUT2D eigenvalue weighted by atomic mass is 10.2. The third kappa shape index (κ3) is 4.65. The number of anilines is 1. The summed E-state index contributed by atoms with van der Waals surface area (Å²) in [6.45, 7) is 3.20. The number of hydrogen-bond acceptors (Lipinski definition) is 2. The summed E-state index contributed by atoms with van der Waals surface area (Å²) in [7, 11) is 1.88. The first-order valence-electron chi connectivity index (χ1n) is 10.5. The van der Waals surface area contributed by atoms with Gasteiger partial charge in [0.2, 0.25) is 0 Å². The van der Waals surface area contributed by atoms with Crippen LogP contribution in [-0.2, 0) is 20.1 Å². The van der Waals surface area contributed by atoms with Gasteiger partial charge in [0, 0.05) is 20.1 Å². The van der Waals surface area contributed by atoms with Crippen LogP contribution in [0.3, 0.4) is 0 Å². The first-order chi connectivity index (χ1) is 15.5. The summed E-state index contributed by atoms with van der Waals surface area (Å²) in [5.74, 6) is 0. The fourth-order valence-corrected chi connectivity index (χ4v) is 3.94. The molecule has 0 saturated carbocycles. The zero-order chi connectivity index (χ0) is 22.5. The molecule has 0 atom stereocenters. The molecule has 3 aromatic carbocycles. The predicted molar refractivity (Wildman–Crippen MR) is 134 cm³/mol. The van der Waals surface area contributed by atoms with Crippen molar-refractivity contribution in [2.45, 2.75) is 20.0 Å². The van der Waals surface area contributed by atoms with E-state index in [0.717, 1.165) is 22.5 Å². The van der Waals surface area contributed by atoms with Crippen LogP contribution in [0.1, 0.15) is 16.8 Å². The number of benzene rings is 3. The Balaban J connectivity index is 1.64. The van der Waals surface area contributed by atoms with E-state index < -0.39 is 0 Å². The predicted octanol–water partition coefficient (Wildman–Crippen LogP) is 4.88. The first kappa shape index (κ1) is 21.6. The Morgan fingerprint density at radius 1 is 0.844 bits per heavy atom. The number of aromatic nitrogens is 2. The van der Waals surface area contributed by atoms with Crippen LogP contribution in [0.5, 0.6) is 0 Å². The van der Waals surface area contributed by atoms with E-state index in [-0.39, 0.29) is 5.56 Å². The minimum Gasteiger partial charge on any atom is -0.340 e. The summed E-state index contributed by atoms with van der Waals surface area (Å²) in [5.41, 5.74) is 4.30. The smallest absolute Gasteiger partial charge is 0.295 e. The van der Waals surface area contributed by atoms with E-state index >= 15 is 0 Å². The van der Waals surface area contributed by atoms with E-state index in [1.807, 2.05) is 85.4 Å². The number of thiocarbonyl (C=S) groups is 1. The van der Waals surface area contributed by atoms with E-state index in [2.05, 4.69) is 34.5 Å². The number of hydrogen-bond donors (Lipinski definition) is 1. The van der Waals surface area contributed by atoms with Crippen LogP contribution in [0.4, 0.5) is 5.69 Å². The molecular weight excluding hydrogens is 416 g/mol. The van der Waals surface area contributed by atoms with Crippen molar-refractivity contribution in [1.29, 1.82) is 0 Å². The Labute approximate surface area is 193 Å². The quantitative estimate of drug-likeness (QED) is 0.432. The Kier molecular flexibility index (Phi) is 6.52. The van der Waals surface area contributed by atoms with Gasteiger partial charge in [0.15, 0.2) is 5.11 Å². The number of rotatable bonds is 6. The van der Waals surface area contributed by atoms with E-state index in [1.165, 1.54) is 0 Å². The molecular formula is C26H26N4OS. The summed E-state index contributed by atoms with van der Waals surface area (Å²) in [6.07, 6.45) is 0. The Morgan fingerprint density at radius 3 is 1.81 bits per heavy atom. The molecule has 5 nitrogen and oxygen atoms in total. The molecule has 4 aromatic rings. The van der Waals surface area contributed by atoms with Gasteiger partial charge in [-0.25, -0.2) is 4.68 Å². The van der Waals surface area contributed by atoms with E-state index in [0.29, 0.717) is 23.9 Å². The molecule has 1 heterocycles. The van der Waals surface area contributed by atoms with Crippen LogP contribution >= 0.6 is 12.2 Å². The third-order valence-electron chi connectivity index (χ3n) is 5.51. The van der Waals surface area contributed by atoms with Crippen molar-refractivity contribution in [3.05, 3.63) is 118 Å². The highest BCUT2D eigenvalue weighted by Gasteiger charge is 2.19. The second-order valence-electron chi connectivity index (χ2n) is 7.69. The van der Waals surface area contributed by atoms with E-state index in [1.54, 1.807) is 4.68 Å². The number of nitrogens with zero attached hydrogens (tertiary/aromatic N) is 3. The van der Waals surface area contributed by atoms with E-state index in [9.17, 15) is 4.79 Å². The fourth-order valence-electron chi connectivity index (χ4n) is 3.71. The SMILES string of the molecule is Cc1c(NC(=S)N(Cc2ccccc2)Cc2ccccc2)c(=O)n(-c2ccccc2)n1C. The molecule has 0 amide bonds. The minimum atomic E-state index is -0.127. The van der Waals surface area contributed by atoms with Crippen LogP contribution in [0.2, 0.25) is 0 Å². The summed E-state index contributed by atoms with van der Waals surface area (Å²) in [4.78, 5) is 15.4. The molecule has 4 rings (SSSR count). The van der Waals surface area contributed by atoms with Crippen LogP contribution in [0.25, 0.3) is 5.69 Å². The molecule has 0 aliphatic heterocycles. The maximum Gasteiger partial charge on any atom is 0.295 e. The Hall–Kier alpha value is -3.64. The highest BCUT2D eigenvalue weighted by atomic mass is 32.1. The zero-order valence-electron chi connectivity index (χ0n) is 18.2. The third-order valence-corrected chi connectivity index (χ3v) is 5.87. The van der Waals surface area contributed by atoms with Crippen molar-refractivity contribution in [3.8, 4) is 5.69 Å². The molecule has 0 fully saturated rings. The second kappa shape index (κ2) is 9.66. The van der Waals surface area contributed by atoms with Gasteiger partial charge in [0.25, 0.3) is 5.56 Å². The molecule has 0 unspecified atom stereocenters. The molecule has 0 aliphatic carbocycles. The van der Waals surface area contributed by atoms with Crippen molar-refractivity contribution in [2.75, 3.05) is 5.32 Å². The van der Waals surface area contributed by atoms with Crippen LogP contribution in [0, 0.1) is 6.92 Å². The highest BCUT2D eigenvalue weighted by Crippen LogP contribution is 2.17. The molecule has 1 aromatic heterocycles. The Morgan fingerprint density at radius 2 is 1.31 bits per heavy atom. The van der Waals surface area contributed by atoms with Gasteiger partial charge >= 0.3 is 0 Å². The molecule has 0 saturated heterocycles. The summed E-state index contributed by atoms with van der Waals surface area (Å²) in [5, 5.41) is 3.77. The minimum absolute atomic E-state index is 0.127. The van der Waals surface area contributed by atoms with Gasteiger partial charge in [-0.2, -0.15) is 0 Å². The molecule has 32 heavy (non-hydrogen) atoms. The summed E-state index contributed by atoms with van der Waals surface area (Å²) in [6, 6.07) is 30.0. The first-order valence-corrected chi connectivity index (χ1v) is 10.9.